The molecule has 2 rings (SSSR count). The van der Waals surface area contributed by atoms with Crippen LogP contribution in [0.5, 0.6) is 0 Å². The number of nitrogens with one attached hydrogen (secondary N) is 1. The predicted molar refractivity (Wildman–Crippen MR) is 68.9 cm³/mol. The third-order valence-electron chi connectivity index (χ3n) is 2.54. The highest BCUT2D eigenvalue weighted by Crippen LogP contribution is 2.18. The van der Waals surface area contributed by atoms with E-state index in [9.17, 15) is 0 Å². The summed E-state index contributed by atoms with van der Waals surface area (Å²) in [6.07, 6.45) is 3.57. The van der Waals surface area contributed by atoms with Crippen molar-refractivity contribution in [3.63, 3.8) is 0 Å². The Bertz CT molecular complexity index is 430. The SMILES string of the molecule is COCC(Nc1cccnc1)c1ccccc1. The molecule has 0 aliphatic carbocycles. The average molecular weight is 228 g/mol. The lowest BCUT2D eigenvalue weighted by Crippen LogP contribution is -2.16. The fraction of sp³-hybridized carbons (Fsp3) is 0.214. The van der Waals surface area contributed by atoms with Gasteiger partial charge in [0, 0.05) is 19.5 Å². The van der Waals surface area contributed by atoms with E-state index in [-0.39, 0.29) is 6.04 Å². The van der Waals surface area contributed by atoms with Crippen LogP contribution in [0.2, 0.25) is 0 Å². The maximum Gasteiger partial charge on any atom is 0.0748 e. The summed E-state index contributed by atoms with van der Waals surface area (Å²) < 4.78 is 5.25. The first-order chi connectivity index (χ1) is 8.40. The third kappa shape index (κ3) is 3.29. The smallest absolute Gasteiger partial charge is 0.0748 e. The molecule has 17 heavy (non-hydrogen) atoms. The molecule has 1 N–H and O–H groups in total. The van der Waals surface area contributed by atoms with E-state index in [1.165, 1.54) is 5.56 Å². The van der Waals surface area contributed by atoms with Crippen LogP contribution < -0.4 is 5.32 Å². The number of anilines is 1. The van der Waals surface area contributed by atoms with Gasteiger partial charge in [0.2, 0.25) is 0 Å². The van der Waals surface area contributed by atoms with Gasteiger partial charge in [-0.2, -0.15) is 0 Å². The molecule has 0 amide bonds. The molecular formula is C14H16N2O. The van der Waals surface area contributed by atoms with Crippen molar-refractivity contribution < 1.29 is 4.74 Å². The van der Waals surface area contributed by atoms with E-state index in [0.717, 1.165) is 5.69 Å². The summed E-state index contributed by atoms with van der Waals surface area (Å²) in [5, 5.41) is 3.41. The van der Waals surface area contributed by atoms with Crippen LogP contribution in [0.3, 0.4) is 0 Å². The normalized spacial score (nSPS) is 12.1. The topological polar surface area (TPSA) is 34.1 Å². The minimum atomic E-state index is 0.144. The molecule has 3 heteroatoms. The first-order valence-corrected chi connectivity index (χ1v) is 5.60. The molecule has 0 saturated carbocycles. The van der Waals surface area contributed by atoms with Crippen molar-refractivity contribution in [1.29, 1.82) is 0 Å². The summed E-state index contributed by atoms with van der Waals surface area (Å²) in [6.45, 7) is 0.624. The minimum Gasteiger partial charge on any atom is -0.382 e. The number of rotatable bonds is 5. The largest absolute Gasteiger partial charge is 0.382 e. The lowest BCUT2D eigenvalue weighted by Gasteiger charge is -2.19. The standard InChI is InChI=1S/C14H16N2O/c1-17-11-14(12-6-3-2-4-7-12)16-13-8-5-9-15-10-13/h2-10,14,16H,11H2,1H3. The second-order valence-electron chi connectivity index (χ2n) is 3.80. The zero-order chi connectivity index (χ0) is 11.9. The number of benzene rings is 1. The van der Waals surface area contributed by atoms with Crippen LogP contribution in [-0.4, -0.2) is 18.7 Å². The van der Waals surface area contributed by atoms with Gasteiger partial charge in [-0.05, 0) is 17.7 Å². The molecule has 0 spiro atoms. The predicted octanol–water partition coefficient (Wildman–Crippen LogP) is 2.88. The Morgan fingerprint density at radius 1 is 1.18 bits per heavy atom. The first kappa shape index (κ1) is 11.6. The second-order valence-corrected chi connectivity index (χ2v) is 3.80. The van der Waals surface area contributed by atoms with Crippen molar-refractivity contribution in [3.8, 4) is 0 Å². The van der Waals surface area contributed by atoms with Gasteiger partial charge in [0.15, 0.2) is 0 Å². The van der Waals surface area contributed by atoms with Crippen molar-refractivity contribution >= 4 is 5.69 Å². The fourth-order valence-corrected chi connectivity index (χ4v) is 1.72. The Labute approximate surface area is 101 Å². The molecule has 2 aromatic rings. The summed E-state index contributed by atoms with van der Waals surface area (Å²) in [7, 11) is 1.71. The summed E-state index contributed by atoms with van der Waals surface area (Å²) in [5.41, 5.74) is 2.21. The molecule has 3 nitrogen and oxygen atoms in total. The lowest BCUT2D eigenvalue weighted by molar-refractivity contribution is 0.186. The Balaban J connectivity index is 2.13. The highest BCUT2D eigenvalue weighted by molar-refractivity contribution is 5.43. The molecule has 0 radical (unpaired) electrons. The first-order valence-electron chi connectivity index (χ1n) is 5.60. The Morgan fingerprint density at radius 3 is 2.65 bits per heavy atom. The van der Waals surface area contributed by atoms with Gasteiger partial charge in [-0.15, -0.1) is 0 Å². The van der Waals surface area contributed by atoms with Crippen LogP contribution in [-0.2, 0) is 4.74 Å². The van der Waals surface area contributed by atoms with Gasteiger partial charge < -0.3 is 10.1 Å². The summed E-state index contributed by atoms with van der Waals surface area (Å²) >= 11 is 0. The summed E-state index contributed by atoms with van der Waals surface area (Å²) in [4.78, 5) is 4.09. The van der Waals surface area contributed by atoms with E-state index < -0.39 is 0 Å². The minimum absolute atomic E-state index is 0.144. The molecule has 1 aromatic carbocycles. The fourth-order valence-electron chi connectivity index (χ4n) is 1.72. The molecule has 1 heterocycles. The summed E-state index contributed by atoms with van der Waals surface area (Å²) in [6, 6.07) is 14.3. The molecule has 0 aliphatic heterocycles. The van der Waals surface area contributed by atoms with Crippen molar-refractivity contribution in [2.24, 2.45) is 0 Å². The van der Waals surface area contributed by atoms with E-state index in [4.69, 9.17) is 4.74 Å². The summed E-state index contributed by atoms with van der Waals surface area (Å²) in [5.74, 6) is 0. The van der Waals surface area contributed by atoms with Gasteiger partial charge in [-0.25, -0.2) is 0 Å². The van der Waals surface area contributed by atoms with Gasteiger partial charge in [-0.3, -0.25) is 4.98 Å². The third-order valence-corrected chi connectivity index (χ3v) is 2.54. The van der Waals surface area contributed by atoms with Crippen molar-refractivity contribution in [1.82, 2.24) is 4.98 Å². The van der Waals surface area contributed by atoms with Crippen LogP contribution in [0.1, 0.15) is 11.6 Å². The van der Waals surface area contributed by atoms with Crippen LogP contribution in [0.25, 0.3) is 0 Å². The number of hydrogen-bond donors (Lipinski definition) is 1. The van der Waals surface area contributed by atoms with Crippen molar-refractivity contribution in [2.45, 2.75) is 6.04 Å². The van der Waals surface area contributed by atoms with Gasteiger partial charge in [0.05, 0.1) is 18.3 Å². The molecule has 0 saturated heterocycles. The molecule has 0 fully saturated rings. The van der Waals surface area contributed by atoms with E-state index in [0.29, 0.717) is 6.61 Å². The van der Waals surface area contributed by atoms with E-state index >= 15 is 0 Å². The average Bonchev–Trinajstić information content (AvgIpc) is 2.40. The molecule has 1 atom stereocenters. The number of nitrogens with zero attached hydrogens (tertiary/aromatic N) is 1. The number of ether oxygens (including phenoxy) is 1. The zero-order valence-corrected chi connectivity index (χ0v) is 9.84. The zero-order valence-electron chi connectivity index (χ0n) is 9.84. The number of pyridine rings is 1. The lowest BCUT2D eigenvalue weighted by atomic mass is 10.1. The number of hydrogen-bond acceptors (Lipinski definition) is 3. The molecule has 88 valence electrons. The van der Waals surface area contributed by atoms with E-state index in [1.54, 1.807) is 13.3 Å². The maximum absolute atomic E-state index is 5.25. The van der Waals surface area contributed by atoms with E-state index in [1.807, 2.05) is 36.5 Å². The number of aromatic nitrogens is 1. The van der Waals surface area contributed by atoms with E-state index in [2.05, 4.69) is 22.4 Å². The van der Waals surface area contributed by atoms with Gasteiger partial charge in [0.25, 0.3) is 0 Å². The highest BCUT2D eigenvalue weighted by atomic mass is 16.5. The monoisotopic (exact) mass is 228 g/mol. The van der Waals surface area contributed by atoms with Crippen molar-refractivity contribution in [3.05, 3.63) is 60.4 Å². The van der Waals surface area contributed by atoms with Crippen molar-refractivity contribution in [2.75, 3.05) is 19.0 Å². The Kier molecular flexibility index (Phi) is 4.11. The highest BCUT2D eigenvalue weighted by Gasteiger charge is 2.10. The van der Waals surface area contributed by atoms with Crippen LogP contribution >= 0.6 is 0 Å². The van der Waals surface area contributed by atoms with Gasteiger partial charge in [-0.1, -0.05) is 30.3 Å². The molecule has 0 aliphatic rings. The number of methoxy groups -OCH3 is 1. The van der Waals surface area contributed by atoms with Crippen LogP contribution in [0.15, 0.2) is 54.9 Å². The Morgan fingerprint density at radius 2 is 2.00 bits per heavy atom. The molecule has 0 bridgehead atoms. The Hall–Kier alpha value is -1.87. The molecule has 1 unspecified atom stereocenters. The molecular weight excluding hydrogens is 212 g/mol. The van der Waals surface area contributed by atoms with Crippen LogP contribution in [0.4, 0.5) is 5.69 Å². The second kappa shape index (κ2) is 6.01. The maximum atomic E-state index is 5.25. The van der Waals surface area contributed by atoms with Gasteiger partial charge in [0.1, 0.15) is 0 Å². The van der Waals surface area contributed by atoms with Gasteiger partial charge >= 0.3 is 0 Å². The van der Waals surface area contributed by atoms with Crippen LogP contribution in [0, 0.1) is 0 Å². The quantitative estimate of drug-likeness (QED) is 0.854. The molecule has 1 aromatic heterocycles.